The van der Waals surface area contributed by atoms with Crippen LogP contribution in [-0.4, -0.2) is 47.1 Å². The van der Waals surface area contributed by atoms with E-state index in [1.807, 2.05) is 31.3 Å². The van der Waals surface area contributed by atoms with Gasteiger partial charge in [-0.2, -0.15) is 0 Å². The first-order valence-corrected chi connectivity index (χ1v) is 13.6. The minimum Gasteiger partial charge on any atom is -0.471 e. The smallest absolute Gasteiger partial charge is 0.231 e. The first kappa shape index (κ1) is 25.8. The maximum atomic E-state index is 12.3. The Hall–Kier alpha value is -2.84. The average molecular weight is 510 g/mol. The summed E-state index contributed by atoms with van der Waals surface area (Å²) in [4.78, 5) is 17.0. The molecule has 8 nitrogen and oxygen atoms in total. The first-order valence-electron chi connectivity index (χ1n) is 13.6. The van der Waals surface area contributed by atoms with Crippen LogP contribution in [0.5, 0.6) is 17.4 Å². The number of nitrogens with one attached hydrogen (secondary N) is 2. The van der Waals surface area contributed by atoms with Crippen molar-refractivity contribution in [1.29, 1.82) is 0 Å². The molecule has 1 saturated carbocycles. The van der Waals surface area contributed by atoms with Gasteiger partial charge in [0.05, 0.1) is 12.1 Å². The maximum Gasteiger partial charge on any atom is 0.231 e. The number of pyridine rings is 1. The number of benzene rings is 1. The van der Waals surface area contributed by atoms with Gasteiger partial charge in [0.25, 0.3) is 0 Å². The summed E-state index contributed by atoms with van der Waals surface area (Å²) in [5.41, 5.74) is 3.07. The van der Waals surface area contributed by atoms with Gasteiger partial charge in [-0.05, 0) is 67.3 Å². The molecule has 3 atom stereocenters. The number of hydrogen-bond acceptors (Lipinski definition) is 7. The van der Waals surface area contributed by atoms with Gasteiger partial charge in [-0.3, -0.25) is 4.79 Å². The Morgan fingerprint density at radius 3 is 2.70 bits per heavy atom. The third-order valence-corrected chi connectivity index (χ3v) is 7.71. The molecule has 8 heteroatoms. The lowest BCUT2D eigenvalue weighted by atomic mass is 9.73. The van der Waals surface area contributed by atoms with Crippen LogP contribution in [0, 0.1) is 5.92 Å². The Morgan fingerprint density at radius 1 is 1.16 bits per heavy atom. The molecule has 0 bridgehead atoms. The van der Waals surface area contributed by atoms with Gasteiger partial charge in [-0.1, -0.05) is 26.8 Å². The molecule has 5 rings (SSSR count). The van der Waals surface area contributed by atoms with Crippen LogP contribution in [0.1, 0.15) is 75.6 Å². The fraction of sp³-hybridized carbons (Fsp3) is 0.586. The number of aliphatic hydroxyl groups excluding tert-OH is 1. The second kappa shape index (κ2) is 10.9. The molecule has 37 heavy (non-hydrogen) atoms. The Kier molecular flexibility index (Phi) is 7.58. The lowest BCUT2D eigenvalue weighted by molar-refractivity contribution is -0.122. The average Bonchev–Trinajstić information content (AvgIpc) is 3.33. The van der Waals surface area contributed by atoms with Gasteiger partial charge in [-0.25, -0.2) is 4.98 Å². The summed E-state index contributed by atoms with van der Waals surface area (Å²) >= 11 is 0. The van der Waals surface area contributed by atoms with E-state index >= 15 is 0 Å². The van der Waals surface area contributed by atoms with E-state index in [0.717, 1.165) is 43.2 Å². The normalized spacial score (nSPS) is 20.6. The maximum absolute atomic E-state index is 12.3. The highest BCUT2D eigenvalue weighted by Crippen LogP contribution is 2.48. The first-order chi connectivity index (χ1) is 17.8. The molecule has 1 spiro atoms. The monoisotopic (exact) mass is 509 g/mol. The van der Waals surface area contributed by atoms with Gasteiger partial charge in [0.1, 0.15) is 5.60 Å². The summed E-state index contributed by atoms with van der Waals surface area (Å²) in [6, 6.07) is 7.55. The third-order valence-electron chi connectivity index (χ3n) is 7.71. The number of ether oxygens (including phenoxy) is 3. The fourth-order valence-corrected chi connectivity index (χ4v) is 5.54. The third kappa shape index (κ3) is 5.85. The van der Waals surface area contributed by atoms with Crippen molar-refractivity contribution >= 4 is 5.91 Å². The van der Waals surface area contributed by atoms with Crippen LogP contribution >= 0.6 is 0 Å². The number of amides is 1. The number of hydrogen-bond donors (Lipinski definition) is 3. The van der Waals surface area contributed by atoms with Gasteiger partial charge < -0.3 is 30.0 Å². The highest BCUT2D eigenvalue weighted by Gasteiger charge is 2.46. The van der Waals surface area contributed by atoms with E-state index < -0.39 is 12.1 Å². The zero-order chi connectivity index (χ0) is 26.0. The summed E-state index contributed by atoms with van der Waals surface area (Å²) in [6.07, 6.45) is 7.04. The van der Waals surface area contributed by atoms with Gasteiger partial charge in [0, 0.05) is 37.2 Å². The molecule has 200 valence electrons. The van der Waals surface area contributed by atoms with Crippen LogP contribution in [-0.2, 0) is 17.6 Å². The summed E-state index contributed by atoms with van der Waals surface area (Å²) in [7, 11) is 0. The second-order valence-corrected chi connectivity index (χ2v) is 11.1. The molecule has 3 aliphatic rings. The summed E-state index contributed by atoms with van der Waals surface area (Å²) in [6.45, 7) is 6.78. The van der Waals surface area contributed by atoms with Crippen molar-refractivity contribution in [2.45, 2.75) is 89.5 Å². The molecular formula is C29H39N3O5. The summed E-state index contributed by atoms with van der Waals surface area (Å²) in [5.74, 6) is 2.57. The molecule has 0 radical (unpaired) electrons. The lowest BCUT2D eigenvalue weighted by Gasteiger charge is -2.47. The number of fused-ring (bicyclic) bond motifs is 2. The molecule has 1 amide bonds. The van der Waals surface area contributed by atoms with Gasteiger partial charge >= 0.3 is 0 Å². The van der Waals surface area contributed by atoms with Gasteiger partial charge in [0.2, 0.25) is 18.6 Å². The van der Waals surface area contributed by atoms with E-state index in [0.29, 0.717) is 42.7 Å². The van der Waals surface area contributed by atoms with E-state index in [1.54, 1.807) is 0 Å². The molecule has 2 aliphatic heterocycles. The van der Waals surface area contributed by atoms with Gasteiger partial charge in [0.15, 0.2) is 11.5 Å². The van der Waals surface area contributed by atoms with Crippen LogP contribution < -0.4 is 24.8 Å². The number of carbonyl (C=O) groups excluding carboxylic acids is 1. The minimum atomic E-state index is -0.781. The van der Waals surface area contributed by atoms with Crippen LogP contribution in [0.25, 0.3) is 0 Å². The van der Waals surface area contributed by atoms with E-state index in [2.05, 4.69) is 30.5 Å². The fourth-order valence-electron chi connectivity index (χ4n) is 5.54. The van der Waals surface area contributed by atoms with E-state index in [4.69, 9.17) is 19.2 Å². The van der Waals surface area contributed by atoms with E-state index in [9.17, 15) is 9.90 Å². The van der Waals surface area contributed by atoms with Crippen molar-refractivity contribution in [3.05, 3.63) is 47.2 Å². The van der Waals surface area contributed by atoms with E-state index in [1.165, 1.54) is 5.56 Å². The van der Waals surface area contributed by atoms with Gasteiger partial charge in [-0.15, -0.1) is 0 Å². The quantitative estimate of drug-likeness (QED) is 0.447. The Labute approximate surface area is 219 Å². The topological polar surface area (TPSA) is 102 Å². The van der Waals surface area contributed by atoms with Crippen molar-refractivity contribution in [2.24, 2.45) is 5.92 Å². The molecule has 2 aromatic rings. The van der Waals surface area contributed by atoms with Crippen LogP contribution in [0.15, 0.2) is 30.5 Å². The summed E-state index contributed by atoms with van der Waals surface area (Å²) < 4.78 is 17.3. The highest BCUT2D eigenvalue weighted by atomic mass is 16.7. The minimum absolute atomic E-state index is 0.0337. The molecule has 1 fully saturated rings. The van der Waals surface area contributed by atoms with Crippen LogP contribution in [0.2, 0.25) is 0 Å². The number of carbonyl (C=O) groups is 1. The molecule has 1 aromatic carbocycles. The van der Waals surface area contributed by atoms with E-state index in [-0.39, 0.29) is 24.3 Å². The number of aliphatic hydroxyl groups is 1. The number of nitrogens with zero attached hydrogens (tertiary/aromatic N) is 1. The predicted molar refractivity (Wildman–Crippen MR) is 140 cm³/mol. The predicted octanol–water partition coefficient (Wildman–Crippen LogP) is 3.84. The Bertz CT molecular complexity index is 1120. The van der Waals surface area contributed by atoms with Crippen LogP contribution in [0.3, 0.4) is 0 Å². The largest absolute Gasteiger partial charge is 0.471 e. The van der Waals surface area contributed by atoms with Crippen molar-refractivity contribution in [1.82, 2.24) is 15.6 Å². The lowest BCUT2D eigenvalue weighted by Crippen LogP contribution is -2.52. The molecule has 3 N–H and O–H groups in total. The summed E-state index contributed by atoms with van der Waals surface area (Å²) in [5, 5.41) is 17.9. The highest BCUT2D eigenvalue weighted by molar-refractivity contribution is 5.76. The SMILES string of the molecule is CCC(=O)NC(Cc1ccc2c(c1)OCO2)[C@H](O)CN[C@H]1CC2(CCC2)Oc2ncc(CC(C)C)cc21. The Morgan fingerprint density at radius 2 is 1.97 bits per heavy atom. The molecule has 1 unspecified atom stereocenters. The van der Waals surface area contributed by atoms with Crippen LogP contribution in [0.4, 0.5) is 0 Å². The molecule has 1 aliphatic carbocycles. The zero-order valence-corrected chi connectivity index (χ0v) is 22.1. The molecule has 3 heterocycles. The zero-order valence-electron chi connectivity index (χ0n) is 22.1. The molecule has 1 aromatic heterocycles. The van der Waals surface area contributed by atoms with Crippen molar-refractivity contribution < 1.29 is 24.1 Å². The van der Waals surface area contributed by atoms with Crippen molar-refractivity contribution in [3.8, 4) is 17.4 Å². The second-order valence-electron chi connectivity index (χ2n) is 11.1. The number of rotatable bonds is 10. The van der Waals surface area contributed by atoms with Crippen molar-refractivity contribution in [2.75, 3.05) is 13.3 Å². The number of aromatic nitrogens is 1. The van der Waals surface area contributed by atoms with Crippen molar-refractivity contribution in [3.63, 3.8) is 0 Å². The molecular weight excluding hydrogens is 470 g/mol. The molecule has 0 saturated heterocycles. The standard InChI is InChI=1S/C29H39N3O5/c1-4-27(34)32-22(12-19-6-7-25-26(13-19)36-17-35-25)24(33)16-30-23-14-29(8-5-9-29)37-28-21(23)11-20(15-31-28)10-18(2)3/h6-7,11,13,15,18,22-24,30,33H,4-5,8-10,12,14,16-17H2,1-3H3,(H,32,34)/t22?,23-,24+/m0/s1. The Balaban J connectivity index is 1.31.